The number of likely N-dealkylation sites (tertiary alicyclic amines) is 1. The quantitative estimate of drug-likeness (QED) is 0.327. The molecule has 12 atom stereocenters. The molecule has 13 heteroatoms. The number of nitrogens with zero attached hydrogens (tertiary/aromatic N) is 1. The van der Waals surface area contributed by atoms with Crippen molar-refractivity contribution < 1.29 is 47.2 Å². The van der Waals surface area contributed by atoms with Crippen LogP contribution in [-0.2, 0) is 28.8 Å². The number of ether oxygens (including phenoxy) is 4. The molecule has 1 heterocycles. The van der Waals surface area contributed by atoms with E-state index < -0.39 is 56.0 Å². The van der Waals surface area contributed by atoms with E-state index in [9.17, 15) is 28.2 Å². The first-order chi connectivity index (χ1) is 24.2. The number of sulfone groups is 1. The Morgan fingerprint density at radius 3 is 2.35 bits per heavy atom. The number of amides is 1. The maximum absolute atomic E-state index is 14.4. The fourth-order valence-corrected chi connectivity index (χ4v) is 13.1. The number of benzene rings is 2. The number of esters is 1. The van der Waals surface area contributed by atoms with Gasteiger partial charge in [0.25, 0.3) is 5.91 Å². The van der Waals surface area contributed by atoms with Gasteiger partial charge in [-0.25, -0.2) is 13.2 Å². The van der Waals surface area contributed by atoms with Gasteiger partial charge in [0.15, 0.2) is 9.84 Å². The zero-order valence-electron chi connectivity index (χ0n) is 29.7. The van der Waals surface area contributed by atoms with Crippen molar-refractivity contribution in [1.82, 2.24) is 4.90 Å². The second-order valence-corrected chi connectivity index (χ2v) is 17.8. The van der Waals surface area contributed by atoms with Gasteiger partial charge in [-0.15, -0.1) is 0 Å². The van der Waals surface area contributed by atoms with E-state index >= 15 is 0 Å². The Balaban J connectivity index is 1.16. The summed E-state index contributed by atoms with van der Waals surface area (Å²) in [7, 11) is 1.56. The summed E-state index contributed by atoms with van der Waals surface area (Å²) in [5.41, 5.74) is -3.89. The number of aliphatic hydroxyl groups is 2. The molecule has 3 N–H and O–H groups in total. The third-order valence-electron chi connectivity index (χ3n) is 14.1. The molecule has 0 aromatic heterocycles. The van der Waals surface area contributed by atoms with Crippen LogP contribution in [0.15, 0.2) is 53.4 Å². The van der Waals surface area contributed by atoms with Crippen LogP contribution in [0.1, 0.15) is 59.7 Å². The standard InChI is InChI=1S/C38H48N2O10S/c1-6-40-20-35(50-34(42)23-9-7-8-10-26(23)39-33(41)21-11-13-22(14-12-21)51(5,45)46)16-15-30(48-3)37-28(35)18-25(31(37)40)36(43)19-27(47-2)24-17-29(37)38(36,44)32(24)49-4/h7-14,24-25,27-32,43-44H,6,15-20H2,1-5H3,(H,39,41)/t24-,25+,27+,28-,29+,30+,31?,32+,35-,36+,37+,38+/m1/s1. The number of hydrogen-bond donors (Lipinski definition) is 3. The van der Waals surface area contributed by atoms with Gasteiger partial charge in [0.05, 0.1) is 34.5 Å². The Bertz CT molecular complexity index is 1860. The number of likely N-dealkylation sites (N-methyl/N-ethyl adjacent to an activating group) is 1. The van der Waals surface area contributed by atoms with Crippen LogP contribution in [0.25, 0.3) is 0 Å². The van der Waals surface area contributed by atoms with E-state index in [0.29, 0.717) is 45.2 Å². The van der Waals surface area contributed by atoms with Crippen LogP contribution in [0.5, 0.6) is 0 Å². The summed E-state index contributed by atoms with van der Waals surface area (Å²) in [5.74, 6) is -2.12. The zero-order chi connectivity index (χ0) is 36.3. The Labute approximate surface area is 298 Å². The summed E-state index contributed by atoms with van der Waals surface area (Å²) in [6.45, 7) is 3.22. The summed E-state index contributed by atoms with van der Waals surface area (Å²) in [6.07, 6.45) is 2.57. The molecule has 1 amide bonds. The number of para-hydroxylation sites is 1. The zero-order valence-corrected chi connectivity index (χ0v) is 30.5. The Kier molecular flexibility index (Phi) is 8.13. The van der Waals surface area contributed by atoms with Gasteiger partial charge in [0.2, 0.25) is 0 Å². The van der Waals surface area contributed by atoms with E-state index in [4.69, 9.17) is 18.9 Å². The highest BCUT2D eigenvalue weighted by molar-refractivity contribution is 7.90. The van der Waals surface area contributed by atoms with Gasteiger partial charge in [-0.2, -0.15) is 0 Å². The Morgan fingerprint density at radius 1 is 0.980 bits per heavy atom. The van der Waals surface area contributed by atoms with Crippen molar-refractivity contribution in [1.29, 1.82) is 0 Å². The van der Waals surface area contributed by atoms with E-state index in [1.54, 1.807) is 45.6 Å². The lowest BCUT2D eigenvalue weighted by molar-refractivity contribution is -0.337. The molecule has 51 heavy (non-hydrogen) atoms. The van der Waals surface area contributed by atoms with Gasteiger partial charge >= 0.3 is 5.97 Å². The smallest absolute Gasteiger partial charge is 0.340 e. The molecular formula is C38H48N2O10S. The van der Waals surface area contributed by atoms with E-state index in [-0.39, 0.29) is 57.7 Å². The van der Waals surface area contributed by atoms with Crippen LogP contribution < -0.4 is 5.32 Å². The Morgan fingerprint density at radius 2 is 1.71 bits per heavy atom. The van der Waals surface area contributed by atoms with E-state index in [2.05, 4.69) is 17.1 Å². The van der Waals surface area contributed by atoms with Crippen molar-refractivity contribution in [2.45, 2.75) is 85.1 Å². The molecule has 1 spiro atoms. The maximum Gasteiger partial charge on any atom is 0.340 e. The van der Waals surface area contributed by atoms with E-state index in [1.165, 1.54) is 24.3 Å². The van der Waals surface area contributed by atoms with Gasteiger partial charge in [-0.3, -0.25) is 9.69 Å². The average molecular weight is 725 g/mol. The number of anilines is 1. The number of piperidine rings is 1. The van der Waals surface area contributed by atoms with Gasteiger partial charge < -0.3 is 34.5 Å². The monoisotopic (exact) mass is 724 g/mol. The summed E-state index contributed by atoms with van der Waals surface area (Å²) in [6, 6.07) is 12.2. The number of nitrogens with one attached hydrogen (secondary N) is 1. The second-order valence-electron chi connectivity index (χ2n) is 15.8. The van der Waals surface area contributed by atoms with E-state index in [1.807, 2.05) is 0 Å². The largest absolute Gasteiger partial charge is 0.454 e. The highest BCUT2D eigenvalue weighted by Crippen LogP contribution is 2.79. The van der Waals surface area contributed by atoms with Crippen molar-refractivity contribution in [2.24, 2.45) is 29.1 Å². The first kappa shape index (κ1) is 35.1. The van der Waals surface area contributed by atoms with Crippen molar-refractivity contribution in [2.75, 3.05) is 46.0 Å². The molecule has 8 rings (SSSR count). The first-order valence-electron chi connectivity index (χ1n) is 18.0. The minimum atomic E-state index is -3.43. The van der Waals surface area contributed by atoms with Crippen LogP contribution >= 0.6 is 0 Å². The molecule has 2 aromatic rings. The second kappa shape index (κ2) is 11.8. The number of methoxy groups -OCH3 is 3. The van der Waals surface area contributed by atoms with E-state index in [0.717, 1.165) is 6.26 Å². The molecule has 6 fully saturated rings. The average Bonchev–Trinajstić information content (AvgIpc) is 3.54. The number of carbonyl (C=O) groups excluding carboxylic acids is 2. The van der Waals surface area contributed by atoms with Gasteiger partial charge in [0.1, 0.15) is 16.8 Å². The topological polar surface area (TPSA) is 161 Å². The van der Waals surface area contributed by atoms with Crippen molar-refractivity contribution in [3.63, 3.8) is 0 Å². The molecular weight excluding hydrogens is 676 g/mol. The molecule has 5 saturated carbocycles. The highest BCUT2D eigenvalue weighted by Gasteiger charge is 2.89. The predicted molar refractivity (Wildman–Crippen MR) is 185 cm³/mol. The normalized spacial score (nSPS) is 42.0. The maximum atomic E-state index is 14.4. The molecule has 6 aliphatic rings. The van der Waals surface area contributed by atoms with Crippen LogP contribution in [0, 0.1) is 29.1 Å². The van der Waals surface area contributed by atoms with Crippen molar-refractivity contribution in [3.05, 3.63) is 59.7 Å². The molecule has 12 nitrogen and oxygen atoms in total. The summed E-state index contributed by atoms with van der Waals surface area (Å²) in [4.78, 5) is 30.2. The van der Waals surface area contributed by atoms with Gasteiger partial charge in [-0.1, -0.05) is 19.1 Å². The molecule has 0 radical (unpaired) electrons. The Hall–Kier alpha value is -2.91. The molecule has 7 bridgehead atoms. The molecule has 5 aliphatic carbocycles. The lowest BCUT2D eigenvalue weighted by atomic mass is 9.44. The SMILES string of the molecule is CCN1C[C@]2(OC(=O)c3ccccc3NC(=O)c3ccc(S(C)(=O)=O)cc3)CC[C@H](OC)[C@]34C1[C@H](C[C@H]23)[C@@]1(O)C[C@H](OC)[C@H]2C[C@@H]4[C@]1(O)[C@H]2OC. The fraction of sp³-hybridized carbons (Fsp3) is 0.632. The molecule has 1 saturated heterocycles. The van der Waals surface area contributed by atoms with Crippen LogP contribution in [0.3, 0.4) is 0 Å². The van der Waals surface area contributed by atoms with Crippen LogP contribution in [0.2, 0.25) is 0 Å². The third kappa shape index (κ3) is 4.49. The number of rotatable bonds is 9. The van der Waals surface area contributed by atoms with Gasteiger partial charge in [0, 0.05) is 81.2 Å². The predicted octanol–water partition coefficient (Wildman–Crippen LogP) is 2.92. The molecule has 1 aliphatic heterocycles. The van der Waals surface area contributed by atoms with Crippen molar-refractivity contribution >= 4 is 27.4 Å². The molecule has 1 unspecified atom stereocenters. The summed E-state index contributed by atoms with van der Waals surface area (Å²) >= 11 is 0. The highest BCUT2D eigenvalue weighted by atomic mass is 32.2. The summed E-state index contributed by atoms with van der Waals surface area (Å²) in [5, 5.41) is 28.7. The van der Waals surface area contributed by atoms with Gasteiger partial charge in [-0.05, 0) is 68.6 Å². The summed E-state index contributed by atoms with van der Waals surface area (Å²) < 4.78 is 49.1. The first-order valence-corrected chi connectivity index (χ1v) is 19.8. The number of fused-ring (bicyclic) bond motifs is 2. The minimum absolute atomic E-state index is 0.0998. The minimum Gasteiger partial charge on any atom is -0.454 e. The number of hydrogen-bond acceptors (Lipinski definition) is 11. The fourth-order valence-electron chi connectivity index (χ4n) is 12.5. The number of carbonyl (C=O) groups is 2. The van der Waals surface area contributed by atoms with Crippen LogP contribution in [-0.4, -0.2) is 117 Å². The molecule has 2 aromatic carbocycles. The van der Waals surface area contributed by atoms with Crippen molar-refractivity contribution in [3.8, 4) is 0 Å². The molecule has 276 valence electrons. The lowest BCUT2D eigenvalue weighted by Gasteiger charge is -2.70. The van der Waals surface area contributed by atoms with Crippen LogP contribution in [0.4, 0.5) is 5.69 Å². The lowest BCUT2D eigenvalue weighted by Crippen LogP contribution is -2.83. The third-order valence-corrected chi connectivity index (χ3v) is 15.2.